The van der Waals surface area contributed by atoms with E-state index in [1.165, 1.54) is 0 Å². The first-order chi connectivity index (χ1) is 9.99. The molecule has 0 aromatic carbocycles. The zero-order valence-corrected chi connectivity index (χ0v) is 13.6. The van der Waals surface area contributed by atoms with Crippen LogP contribution < -0.4 is 10.6 Å². The summed E-state index contributed by atoms with van der Waals surface area (Å²) in [5.41, 5.74) is -0.223. The molecule has 2 heterocycles. The van der Waals surface area contributed by atoms with Crippen molar-refractivity contribution >= 4 is 11.8 Å². The average Bonchev–Trinajstić information content (AvgIpc) is 2.98. The molecule has 5 heteroatoms. The van der Waals surface area contributed by atoms with E-state index in [0.29, 0.717) is 18.2 Å². The van der Waals surface area contributed by atoms with Gasteiger partial charge in [-0.1, -0.05) is 20.8 Å². The summed E-state index contributed by atoms with van der Waals surface area (Å²) < 4.78 is 0. The number of piperidine rings is 1. The van der Waals surface area contributed by atoms with Gasteiger partial charge in [-0.15, -0.1) is 0 Å². The smallest absolute Gasteiger partial charge is 0.230 e. The van der Waals surface area contributed by atoms with Crippen LogP contribution in [-0.4, -0.2) is 48.9 Å². The number of nitrogens with one attached hydrogen (secondary N) is 2. The maximum absolute atomic E-state index is 12.9. The van der Waals surface area contributed by atoms with Crippen molar-refractivity contribution in [3.8, 4) is 0 Å². The molecule has 0 aliphatic carbocycles. The van der Waals surface area contributed by atoms with Gasteiger partial charge in [0, 0.05) is 32.1 Å². The molecule has 0 aromatic rings. The number of rotatable bonds is 4. The highest BCUT2D eigenvalue weighted by molar-refractivity contribution is 5.84. The molecule has 1 atom stereocenters. The first kappa shape index (κ1) is 16.3. The zero-order chi connectivity index (χ0) is 15.5. The second-order valence-corrected chi connectivity index (χ2v) is 6.73. The molecule has 0 spiro atoms. The normalized spacial score (nSPS) is 27.1. The molecular weight excluding hydrogens is 266 g/mol. The van der Waals surface area contributed by atoms with Crippen molar-refractivity contribution in [2.75, 3.05) is 26.2 Å². The highest BCUT2D eigenvalue weighted by Crippen LogP contribution is 2.36. The van der Waals surface area contributed by atoms with Gasteiger partial charge >= 0.3 is 0 Å². The molecule has 0 saturated carbocycles. The van der Waals surface area contributed by atoms with Crippen LogP contribution in [0.2, 0.25) is 0 Å². The van der Waals surface area contributed by atoms with Gasteiger partial charge in [-0.2, -0.15) is 0 Å². The monoisotopic (exact) mass is 295 g/mol. The summed E-state index contributed by atoms with van der Waals surface area (Å²) in [4.78, 5) is 26.4. The van der Waals surface area contributed by atoms with E-state index < -0.39 is 0 Å². The van der Waals surface area contributed by atoms with E-state index >= 15 is 0 Å². The number of amides is 2. The first-order valence-electron chi connectivity index (χ1n) is 8.29. The number of carbonyl (C=O) groups excluding carboxylic acids is 2. The second-order valence-electron chi connectivity index (χ2n) is 6.73. The zero-order valence-electron chi connectivity index (χ0n) is 13.6. The van der Waals surface area contributed by atoms with Crippen molar-refractivity contribution in [2.24, 2.45) is 11.3 Å². The Morgan fingerprint density at radius 1 is 1.33 bits per heavy atom. The Morgan fingerprint density at radius 2 is 2.00 bits per heavy atom. The average molecular weight is 295 g/mol. The topological polar surface area (TPSA) is 61.4 Å². The molecule has 2 saturated heterocycles. The number of hydrogen-bond donors (Lipinski definition) is 2. The number of carbonyl (C=O) groups is 2. The molecule has 2 rings (SSSR count). The molecular formula is C16H29N3O2. The van der Waals surface area contributed by atoms with Crippen molar-refractivity contribution in [1.29, 1.82) is 0 Å². The van der Waals surface area contributed by atoms with Crippen molar-refractivity contribution in [2.45, 2.75) is 52.5 Å². The molecule has 2 amide bonds. The van der Waals surface area contributed by atoms with Crippen LogP contribution in [0.5, 0.6) is 0 Å². The van der Waals surface area contributed by atoms with Gasteiger partial charge in [-0.25, -0.2) is 0 Å². The Hall–Kier alpha value is -1.10. The standard InChI is InChI=1S/C16H29N3O2/c1-4-14(20)18-13-5-9-19(10-6-13)15(21)16(12(2)3)7-8-17-11-16/h12-13,17H,4-11H2,1-3H3,(H,18,20). The summed E-state index contributed by atoms with van der Waals surface area (Å²) >= 11 is 0. The van der Waals surface area contributed by atoms with E-state index in [2.05, 4.69) is 24.5 Å². The van der Waals surface area contributed by atoms with Crippen molar-refractivity contribution in [1.82, 2.24) is 15.5 Å². The van der Waals surface area contributed by atoms with E-state index in [-0.39, 0.29) is 17.4 Å². The molecule has 0 bridgehead atoms. The summed E-state index contributed by atoms with van der Waals surface area (Å²) in [7, 11) is 0. The quantitative estimate of drug-likeness (QED) is 0.817. The van der Waals surface area contributed by atoms with Crippen LogP contribution in [0.25, 0.3) is 0 Å². The van der Waals surface area contributed by atoms with E-state index in [9.17, 15) is 9.59 Å². The predicted octanol–water partition coefficient (Wildman–Crippen LogP) is 1.14. The van der Waals surface area contributed by atoms with Crippen LogP contribution in [0.3, 0.4) is 0 Å². The van der Waals surface area contributed by atoms with Gasteiger partial charge in [0.2, 0.25) is 11.8 Å². The highest BCUT2D eigenvalue weighted by Gasteiger charge is 2.46. The fourth-order valence-corrected chi connectivity index (χ4v) is 3.51. The van der Waals surface area contributed by atoms with E-state index in [0.717, 1.165) is 45.4 Å². The van der Waals surface area contributed by atoms with Gasteiger partial charge in [-0.3, -0.25) is 9.59 Å². The van der Waals surface area contributed by atoms with Gasteiger partial charge in [0.05, 0.1) is 5.41 Å². The summed E-state index contributed by atoms with van der Waals surface area (Å²) in [5.74, 6) is 0.777. The van der Waals surface area contributed by atoms with Crippen molar-refractivity contribution < 1.29 is 9.59 Å². The molecule has 2 aliphatic rings. The van der Waals surface area contributed by atoms with Gasteiger partial charge in [0.1, 0.15) is 0 Å². The molecule has 2 aliphatic heterocycles. The van der Waals surface area contributed by atoms with Gasteiger partial charge in [0.25, 0.3) is 0 Å². The first-order valence-corrected chi connectivity index (χ1v) is 8.29. The summed E-state index contributed by atoms with van der Waals surface area (Å²) in [6, 6.07) is 0.234. The third-order valence-corrected chi connectivity index (χ3v) is 5.19. The maximum Gasteiger partial charge on any atom is 0.230 e. The fraction of sp³-hybridized carbons (Fsp3) is 0.875. The Bertz CT molecular complexity index is 381. The third-order valence-electron chi connectivity index (χ3n) is 5.19. The lowest BCUT2D eigenvalue weighted by Gasteiger charge is -2.40. The summed E-state index contributed by atoms with van der Waals surface area (Å²) in [6.07, 6.45) is 3.22. The van der Waals surface area contributed by atoms with E-state index in [1.54, 1.807) is 0 Å². The van der Waals surface area contributed by atoms with Crippen molar-refractivity contribution in [3.05, 3.63) is 0 Å². The lowest BCUT2D eigenvalue weighted by Crippen LogP contribution is -2.53. The lowest BCUT2D eigenvalue weighted by atomic mass is 9.75. The minimum absolute atomic E-state index is 0.110. The minimum atomic E-state index is -0.223. The van der Waals surface area contributed by atoms with Crippen LogP contribution >= 0.6 is 0 Å². The van der Waals surface area contributed by atoms with Gasteiger partial charge in [-0.05, 0) is 31.7 Å². The summed E-state index contributed by atoms with van der Waals surface area (Å²) in [6.45, 7) is 9.44. The fourth-order valence-electron chi connectivity index (χ4n) is 3.51. The lowest BCUT2D eigenvalue weighted by molar-refractivity contribution is -0.145. The molecule has 21 heavy (non-hydrogen) atoms. The second kappa shape index (κ2) is 6.77. The number of hydrogen-bond acceptors (Lipinski definition) is 3. The maximum atomic E-state index is 12.9. The predicted molar refractivity (Wildman–Crippen MR) is 82.8 cm³/mol. The largest absolute Gasteiger partial charge is 0.353 e. The van der Waals surface area contributed by atoms with Crippen LogP contribution in [0.1, 0.15) is 46.5 Å². The molecule has 0 aromatic heterocycles. The van der Waals surface area contributed by atoms with Crippen LogP contribution in [0.15, 0.2) is 0 Å². The van der Waals surface area contributed by atoms with Crippen molar-refractivity contribution in [3.63, 3.8) is 0 Å². The molecule has 120 valence electrons. The van der Waals surface area contributed by atoms with Gasteiger partial charge in [0.15, 0.2) is 0 Å². The SMILES string of the molecule is CCC(=O)NC1CCN(C(=O)C2(C(C)C)CCNC2)CC1. The molecule has 2 N–H and O–H groups in total. The third kappa shape index (κ3) is 3.39. The summed E-state index contributed by atoms with van der Waals surface area (Å²) in [5, 5.41) is 6.39. The Kier molecular flexibility index (Phi) is 5.25. The highest BCUT2D eigenvalue weighted by atomic mass is 16.2. The van der Waals surface area contributed by atoms with Crippen LogP contribution in [-0.2, 0) is 9.59 Å². The van der Waals surface area contributed by atoms with Crippen LogP contribution in [0, 0.1) is 11.3 Å². The Morgan fingerprint density at radius 3 is 2.48 bits per heavy atom. The molecule has 5 nitrogen and oxygen atoms in total. The Balaban J connectivity index is 1.92. The number of nitrogens with zero attached hydrogens (tertiary/aromatic N) is 1. The Labute approximate surface area is 127 Å². The van der Waals surface area contributed by atoms with Crippen LogP contribution in [0.4, 0.5) is 0 Å². The molecule has 1 unspecified atom stereocenters. The minimum Gasteiger partial charge on any atom is -0.353 e. The molecule has 0 radical (unpaired) electrons. The van der Waals surface area contributed by atoms with E-state index in [1.807, 2.05) is 11.8 Å². The number of likely N-dealkylation sites (tertiary alicyclic amines) is 1. The van der Waals surface area contributed by atoms with Gasteiger partial charge < -0.3 is 15.5 Å². The van der Waals surface area contributed by atoms with E-state index in [4.69, 9.17) is 0 Å². The molecule has 2 fully saturated rings.